The number of hydrogen-bond acceptors (Lipinski definition) is 6. The van der Waals surface area contributed by atoms with E-state index in [0.717, 1.165) is 0 Å². The Bertz CT molecular complexity index is 293. The number of carboxylic acid groups (broad SMARTS) is 1. The molecule has 4 N–H and O–H groups in total. The highest BCUT2D eigenvalue weighted by Gasteiger charge is 2.08. The largest absolute Gasteiger partial charge is 0.480 e. The van der Waals surface area contributed by atoms with Gasteiger partial charge in [-0.15, -0.1) is 0 Å². The van der Waals surface area contributed by atoms with Crippen LogP contribution in [0.2, 0.25) is 0 Å². The Kier molecular flexibility index (Phi) is 8.81. The zero-order valence-corrected chi connectivity index (χ0v) is 10.4. The fourth-order valence-corrected chi connectivity index (χ4v) is 0.995. The third kappa shape index (κ3) is 9.76. The molecule has 0 saturated carbocycles. The number of ether oxygens (including phenoxy) is 1. The Balaban J connectivity index is 3.42. The fourth-order valence-electron chi connectivity index (χ4n) is 0.995. The lowest BCUT2D eigenvalue weighted by Gasteiger charge is -2.12. The number of rotatable bonds is 10. The third-order valence-corrected chi connectivity index (χ3v) is 1.89. The van der Waals surface area contributed by atoms with Crippen LogP contribution in [0, 0.1) is 0 Å². The van der Waals surface area contributed by atoms with E-state index >= 15 is 0 Å². The first-order valence-electron chi connectivity index (χ1n) is 5.57. The van der Waals surface area contributed by atoms with Crippen molar-refractivity contribution < 1.29 is 24.5 Å². The molecular weight excluding hydrogens is 240 g/mol. The van der Waals surface area contributed by atoms with Crippen molar-refractivity contribution in [1.82, 2.24) is 10.6 Å². The number of aliphatic hydroxyl groups is 1. The lowest BCUT2D eigenvalue weighted by Crippen LogP contribution is -2.36. The minimum Gasteiger partial charge on any atom is -0.480 e. The van der Waals surface area contributed by atoms with Crippen LogP contribution in [0.4, 0.5) is 0 Å². The maximum atomic E-state index is 11.0. The van der Waals surface area contributed by atoms with Crippen LogP contribution in [0.5, 0.6) is 0 Å². The Hall–Kier alpha value is -1.44. The molecule has 0 rings (SSSR count). The number of carbonyl (C=O) groups excluding carboxylic acids is 1. The minimum atomic E-state index is -0.915. The van der Waals surface area contributed by atoms with E-state index in [-0.39, 0.29) is 25.3 Å². The van der Waals surface area contributed by atoms with Crippen molar-refractivity contribution in [2.75, 3.05) is 32.8 Å². The first-order chi connectivity index (χ1) is 8.43. The van der Waals surface area contributed by atoms with Crippen molar-refractivity contribution in [3.63, 3.8) is 0 Å². The van der Waals surface area contributed by atoms with Crippen molar-refractivity contribution in [2.45, 2.75) is 13.0 Å². The number of carbonyl (C=O) groups is 2. The van der Waals surface area contributed by atoms with E-state index in [1.165, 1.54) is 6.92 Å². The number of nitrogens with one attached hydrogen (secondary N) is 2. The Morgan fingerprint density at radius 3 is 2.50 bits per heavy atom. The molecule has 0 aliphatic rings. The van der Waals surface area contributed by atoms with Gasteiger partial charge in [0.2, 0.25) is 0 Å². The number of esters is 1. The number of carboxylic acids is 1. The quantitative estimate of drug-likeness (QED) is 0.220. The molecule has 0 amide bonds. The van der Waals surface area contributed by atoms with E-state index in [9.17, 15) is 14.7 Å². The smallest absolute Gasteiger partial charge is 0.333 e. The van der Waals surface area contributed by atoms with Gasteiger partial charge in [0.15, 0.2) is 0 Å². The molecule has 104 valence electrons. The van der Waals surface area contributed by atoms with Gasteiger partial charge < -0.3 is 25.6 Å². The monoisotopic (exact) mass is 260 g/mol. The van der Waals surface area contributed by atoms with Crippen molar-refractivity contribution in [1.29, 1.82) is 0 Å². The van der Waals surface area contributed by atoms with Crippen molar-refractivity contribution in [3.8, 4) is 0 Å². The van der Waals surface area contributed by atoms with E-state index in [1.807, 2.05) is 0 Å². The summed E-state index contributed by atoms with van der Waals surface area (Å²) in [7, 11) is 0. The zero-order chi connectivity index (χ0) is 14.0. The number of hydrogen-bond donors (Lipinski definition) is 4. The molecule has 7 nitrogen and oxygen atoms in total. The van der Waals surface area contributed by atoms with Crippen LogP contribution in [0.3, 0.4) is 0 Å². The maximum absolute atomic E-state index is 11.0. The van der Waals surface area contributed by atoms with E-state index in [1.54, 1.807) is 0 Å². The van der Waals surface area contributed by atoms with Gasteiger partial charge in [-0.2, -0.15) is 0 Å². The van der Waals surface area contributed by atoms with Gasteiger partial charge in [0.1, 0.15) is 12.7 Å². The highest BCUT2D eigenvalue weighted by molar-refractivity contribution is 5.86. The van der Waals surface area contributed by atoms with Crippen LogP contribution in [0.15, 0.2) is 12.2 Å². The summed E-state index contributed by atoms with van der Waals surface area (Å²) in [5, 5.41) is 23.4. The lowest BCUT2D eigenvalue weighted by molar-refractivity contribution is -0.141. The van der Waals surface area contributed by atoms with Gasteiger partial charge in [-0.1, -0.05) is 6.58 Å². The molecule has 0 radical (unpaired) electrons. The summed E-state index contributed by atoms with van der Waals surface area (Å²) in [6, 6.07) is 0. The van der Waals surface area contributed by atoms with Crippen LogP contribution in [0.1, 0.15) is 6.92 Å². The van der Waals surface area contributed by atoms with Crippen LogP contribution in [-0.2, 0) is 14.3 Å². The molecule has 0 bridgehead atoms. The molecule has 0 fully saturated rings. The predicted molar refractivity (Wildman–Crippen MR) is 65.2 cm³/mol. The summed E-state index contributed by atoms with van der Waals surface area (Å²) in [4.78, 5) is 21.2. The molecule has 1 unspecified atom stereocenters. The average molecular weight is 260 g/mol. The third-order valence-electron chi connectivity index (χ3n) is 1.89. The van der Waals surface area contributed by atoms with Gasteiger partial charge in [0.05, 0.1) is 6.54 Å². The van der Waals surface area contributed by atoms with Crippen LogP contribution in [-0.4, -0.2) is 61.0 Å². The molecule has 7 heteroatoms. The summed E-state index contributed by atoms with van der Waals surface area (Å²) in [5.41, 5.74) is 0.285. The van der Waals surface area contributed by atoms with Crippen molar-refractivity contribution in [3.05, 3.63) is 12.2 Å². The first-order valence-corrected chi connectivity index (χ1v) is 5.57. The minimum absolute atomic E-state index is 0.0960. The van der Waals surface area contributed by atoms with Gasteiger partial charge in [-0.3, -0.25) is 4.79 Å². The summed E-state index contributed by atoms with van der Waals surface area (Å²) < 4.78 is 4.75. The van der Waals surface area contributed by atoms with Crippen molar-refractivity contribution >= 4 is 11.9 Å². The number of aliphatic carboxylic acids is 1. The SMILES string of the molecule is C=C(C)C(=O)OCC(O)CNCCNCC(=O)O. The van der Waals surface area contributed by atoms with E-state index in [2.05, 4.69) is 17.2 Å². The molecule has 0 aliphatic heterocycles. The molecule has 0 spiro atoms. The predicted octanol–water partition coefficient (Wildman–Crippen LogP) is -1.27. The zero-order valence-electron chi connectivity index (χ0n) is 10.4. The molecular formula is C11H20N2O5. The Morgan fingerprint density at radius 1 is 1.33 bits per heavy atom. The van der Waals surface area contributed by atoms with E-state index < -0.39 is 18.0 Å². The molecule has 0 aromatic carbocycles. The van der Waals surface area contributed by atoms with E-state index in [0.29, 0.717) is 13.1 Å². The Labute approximate surface area is 106 Å². The standard InChI is InChI=1S/C11H20N2O5/c1-8(2)11(17)18-7-9(14)5-12-3-4-13-6-10(15)16/h9,12-14H,1,3-7H2,2H3,(H,15,16). The molecule has 1 atom stereocenters. The van der Waals surface area contributed by atoms with Crippen LogP contribution < -0.4 is 10.6 Å². The molecule has 18 heavy (non-hydrogen) atoms. The normalized spacial score (nSPS) is 11.9. The molecule has 0 aromatic rings. The number of aliphatic hydroxyl groups excluding tert-OH is 1. The van der Waals surface area contributed by atoms with Crippen molar-refractivity contribution in [2.24, 2.45) is 0 Å². The summed E-state index contributed by atoms with van der Waals surface area (Å²) >= 11 is 0. The van der Waals surface area contributed by atoms with Gasteiger partial charge in [0.25, 0.3) is 0 Å². The molecule has 0 aliphatic carbocycles. The van der Waals surface area contributed by atoms with Crippen LogP contribution >= 0.6 is 0 Å². The molecule has 0 saturated heterocycles. The average Bonchev–Trinajstić information content (AvgIpc) is 2.29. The summed E-state index contributed by atoms with van der Waals surface area (Å²) in [5.74, 6) is -1.45. The topological polar surface area (TPSA) is 108 Å². The summed E-state index contributed by atoms with van der Waals surface area (Å²) in [6.07, 6.45) is -0.798. The van der Waals surface area contributed by atoms with E-state index in [4.69, 9.17) is 9.84 Å². The molecule has 0 heterocycles. The molecule has 0 aromatic heterocycles. The second kappa shape index (κ2) is 9.58. The fraction of sp³-hybridized carbons (Fsp3) is 0.636. The summed E-state index contributed by atoms with van der Waals surface area (Å²) in [6.45, 7) is 6.00. The van der Waals surface area contributed by atoms with Crippen LogP contribution in [0.25, 0.3) is 0 Å². The lowest BCUT2D eigenvalue weighted by atomic mass is 10.3. The second-order valence-corrected chi connectivity index (χ2v) is 3.81. The first kappa shape index (κ1) is 16.6. The highest BCUT2D eigenvalue weighted by Crippen LogP contribution is 1.93. The van der Waals surface area contributed by atoms with Gasteiger partial charge in [-0.05, 0) is 6.92 Å². The highest BCUT2D eigenvalue weighted by atomic mass is 16.5. The Morgan fingerprint density at radius 2 is 1.94 bits per heavy atom. The second-order valence-electron chi connectivity index (χ2n) is 3.81. The van der Waals surface area contributed by atoms with Gasteiger partial charge in [-0.25, -0.2) is 4.79 Å². The maximum Gasteiger partial charge on any atom is 0.333 e. The van der Waals surface area contributed by atoms with Gasteiger partial charge in [0, 0.05) is 25.2 Å². The van der Waals surface area contributed by atoms with Gasteiger partial charge >= 0.3 is 11.9 Å².